The van der Waals surface area contributed by atoms with Gasteiger partial charge in [0.25, 0.3) is 0 Å². The van der Waals surface area contributed by atoms with Gasteiger partial charge in [0.2, 0.25) is 0 Å². The average molecular weight is 159 g/mol. The van der Waals surface area contributed by atoms with E-state index in [0.717, 1.165) is 5.69 Å². The number of hydrogen-bond donors (Lipinski definition) is 0. The molecule has 12 heavy (non-hydrogen) atoms. The van der Waals surface area contributed by atoms with Crippen LogP contribution >= 0.6 is 0 Å². The van der Waals surface area contributed by atoms with Crippen LogP contribution in [0.3, 0.4) is 0 Å². The smallest absolute Gasteiger partial charge is 0.144 e. The van der Waals surface area contributed by atoms with Crippen molar-refractivity contribution < 1.29 is 0 Å². The van der Waals surface area contributed by atoms with E-state index < -0.39 is 0 Å². The number of hydrogen-bond acceptors (Lipinski definition) is 3. The minimum absolute atomic E-state index is 0.139. The fourth-order valence-electron chi connectivity index (χ4n) is 0.749. The number of pyridine rings is 1. The van der Waals surface area contributed by atoms with Gasteiger partial charge in [0.05, 0.1) is 5.56 Å². The van der Waals surface area contributed by atoms with Crippen molar-refractivity contribution in [3.63, 3.8) is 0 Å². The van der Waals surface area contributed by atoms with E-state index in [1.165, 1.54) is 0 Å². The van der Waals surface area contributed by atoms with Crippen LogP contribution in [0.1, 0.15) is 11.3 Å². The molecule has 0 saturated heterocycles. The normalized spacial score (nSPS) is 8.33. The molecule has 1 rings (SSSR count). The monoisotopic (exact) mass is 159 g/mol. The third-order valence-corrected chi connectivity index (χ3v) is 1.27. The molecule has 0 fully saturated rings. The molecule has 0 atom stereocenters. The number of nitrogens with zero attached hydrogens (tertiary/aromatic N) is 5. The van der Waals surface area contributed by atoms with E-state index in [-0.39, 0.29) is 5.82 Å². The van der Waals surface area contributed by atoms with Crippen molar-refractivity contribution in [1.82, 2.24) is 4.98 Å². The van der Waals surface area contributed by atoms with Crippen molar-refractivity contribution in [3.05, 3.63) is 33.8 Å². The molecule has 0 saturated carbocycles. The first kappa shape index (κ1) is 8.05. The Morgan fingerprint density at radius 3 is 3.00 bits per heavy atom. The van der Waals surface area contributed by atoms with Crippen LogP contribution in [0.4, 0.5) is 5.82 Å². The van der Waals surface area contributed by atoms with Gasteiger partial charge in [0, 0.05) is 10.6 Å². The minimum Gasteiger partial charge on any atom is -0.250 e. The SMILES string of the molecule is Cc1ccc(C#N)c(N=[N+]=[N-])n1. The molecule has 0 amide bonds. The van der Waals surface area contributed by atoms with Gasteiger partial charge in [0.1, 0.15) is 11.9 Å². The lowest BCUT2D eigenvalue weighted by Crippen LogP contribution is -1.83. The minimum atomic E-state index is 0.139. The molecule has 0 aliphatic rings. The molecule has 0 radical (unpaired) electrons. The number of aromatic nitrogens is 1. The Bertz CT molecular complexity index is 383. The van der Waals surface area contributed by atoms with Gasteiger partial charge in [-0.25, -0.2) is 0 Å². The third kappa shape index (κ3) is 1.51. The molecule has 5 heteroatoms. The van der Waals surface area contributed by atoms with Crippen molar-refractivity contribution in [3.8, 4) is 6.07 Å². The summed E-state index contributed by atoms with van der Waals surface area (Å²) in [6, 6.07) is 5.15. The zero-order valence-corrected chi connectivity index (χ0v) is 6.39. The fraction of sp³-hybridized carbons (Fsp3) is 0.143. The Hall–Kier alpha value is -2.05. The van der Waals surface area contributed by atoms with E-state index >= 15 is 0 Å². The van der Waals surface area contributed by atoms with Gasteiger partial charge >= 0.3 is 0 Å². The molecular weight excluding hydrogens is 154 g/mol. The summed E-state index contributed by atoms with van der Waals surface area (Å²) >= 11 is 0. The summed E-state index contributed by atoms with van der Waals surface area (Å²) in [6.07, 6.45) is 0. The maximum absolute atomic E-state index is 8.56. The average Bonchev–Trinajstić information content (AvgIpc) is 2.05. The van der Waals surface area contributed by atoms with E-state index in [0.29, 0.717) is 5.56 Å². The highest BCUT2D eigenvalue weighted by molar-refractivity contribution is 5.47. The molecule has 1 aromatic heterocycles. The van der Waals surface area contributed by atoms with Crippen LogP contribution in [0, 0.1) is 18.3 Å². The molecule has 1 heterocycles. The van der Waals surface area contributed by atoms with Gasteiger partial charge in [-0.1, -0.05) is 0 Å². The Labute approximate surface area is 68.9 Å². The van der Waals surface area contributed by atoms with Crippen LogP contribution < -0.4 is 0 Å². The summed E-state index contributed by atoms with van der Waals surface area (Å²) < 4.78 is 0. The number of aryl methyl sites for hydroxylation is 1. The molecule has 0 aliphatic carbocycles. The molecule has 0 unspecified atom stereocenters. The second kappa shape index (κ2) is 3.37. The van der Waals surface area contributed by atoms with Gasteiger partial charge < -0.3 is 0 Å². The summed E-state index contributed by atoms with van der Waals surface area (Å²) in [5.74, 6) is 0.139. The van der Waals surface area contributed by atoms with Crippen molar-refractivity contribution in [2.24, 2.45) is 5.11 Å². The standard InChI is InChI=1S/C7H5N5/c1-5-2-3-6(4-8)7(10-5)11-12-9/h2-3H,1H3. The summed E-state index contributed by atoms with van der Waals surface area (Å²) in [5, 5.41) is 11.8. The molecule has 0 aliphatic heterocycles. The van der Waals surface area contributed by atoms with Crippen LogP contribution in [0.25, 0.3) is 10.4 Å². The molecular formula is C7H5N5. The van der Waals surface area contributed by atoms with E-state index in [4.69, 9.17) is 10.8 Å². The number of rotatable bonds is 1. The summed E-state index contributed by atoms with van der Waals surface area (Å²) in [4.78, 5) is 6.46. The predicted octanol–water partition coefficient (Wildman–Crippen LogP) is 2.20. The van der Waals surface area contributed by atoms with Gasteiger partial charge in [0.15, 0.2) is 0 Å². The molecule has 0 N–H and O–H groups in total. The van der Waals surface area contributed by atoms with E-state index in [1.807, 2.05) is 6.07 Å². The maximum Gasteiger partial charge on any atom is 0.144 e. The topological polar surface area (TPSA) is 85.4 Å². The summed E-state index contributed by atoms with van der Waals surface area (Å²) in [5.41, 5.74) is 9.15. The zero-order chi connectivity index (χ0) is 8.97. The van der Waals surface area contributed by atoms with Crippen LogP contribution in [-0.2, 0) is 0 Å². The lowest BCUT2D eigenvalue weighted by atomic mass is 10.2. The van der Waals surface area contributed by atoms with Crippen LogP contribution in [-0.4, -0.2) is 4.98 Å². The van der Waals surface area contributed by atoms with E-state index in [1.54, 1.807) is 19.1 Å². The van der Waals surface area contributed by atoms with Gasteiger partial charge in [-0.15, -0.1) is 0 Å². The predicted molar refractivity (Wildman–Crippen MR) is 42.5 cm³/mol. The Balaban J connectivity index is 3.33. The zero-order valence-electron chi connectivity index (χ0n) is 6.39. The van der Waals surface area contributed by atoms with Crippen molar-refractivity contribution >= 4 is 5.82 Å². The molecule has 58 valence electrons. The first-order chi connectivity index (χ1) is 5.77. The first-order valence-electron chi connectivity index (χ1n) is 3.21. The Morgan fingerprint density at radius 2 is 2.42 bits per heavy atom. The quantitative estimate of drug-likeness (QED) is 0.357. The van der Waals surface area contributed by atoms with Gasteiger partial charge in [-0.05, 0) is 29.7 Å². The highest BCUT2D eigenvalue weighted by Gasteiger charge is 1.99. The fourth-order valence-corrected chi connectivity index (χ4v) is 0.749. The highest BCUT2D eigenvalue weighted by atomic mass is 15.2. The molecule has 0 spiro atoms. The molecule has 0 aromatic carbocycles. The highest BCUT2D eigenvalue weighted by Crippen LogP contribution is 2.15. The Kier molecular flexibility index (Phi) is 2.26. The molecule has 5 nitrogen and oxygen atoms in total. The van der Waals surface area contributed by atoms with Crippen LogP contribution in [0.15, 0.2) is 17.2 Å². The van der Waals surface area contributed by atoms with E-state index in [2.05, 4.69) is 15.0 Å². The van der Waals surface area contributed by atoms with Gasteiger partial charge in [-0.3, -0.25) is 4.98 Å². The second-order valence-corrected chi connectivity index (χ2v) is 2.13. The summed E-state index contributed by atoms with van der Waals surface area (Å²) in [6.45, 7) is 1.76. The largest absolute Gasteiger partial charge is 0.250 e. The second-order valence-electron chi connectivity index (χ2n) is 2.13. The first-order valence-corrected chi connectivity index (χ1v) is 3.21. The third-order valence-electron chi connectivity index (χ3n) is 1.27. The van der Waals surface area contributed by atoms with Crippen molar-refractivity contribution in [1.29, 1.82) is 5.26 Å². The molecule has 0 bridgehead atoms. The summed E-state index contributed by atoms with van der Waals surface area (Å²) in [7, 11) is 0. The number of nitriles is 1. The van der Waals surface area contributed by atoms with Crippen LogP contribution in [0.2, 0.25) is 0 Å². The lowest BCUT2D eigenvalue weighted by molar-refractivity contribution is 1.16. The Morgan fingerprint density at radius 1 is 1.67 bits per heavy atom. The van der Waals surface area contributed by atoms with E-state index in [9.17, 15) is 0 Å². The molecule has 1 aromatic rings. The van der Waals surface area contributed by atoms with Crippen LogP contribution in [0.5, 0.6) is 0 Å². The van der Waals surface area contributed by atoms with Crippen molar-refractivity contribution in [2.75, 3.05) is 0 Å². The van der Waals surface area contributed by atoms with Crippen molar-refractivity contribution in [2.45, 2.75) is 6.92 Å². The van der Waals surface area contributed by atoms with Gasteiger partial charge in [-0.2, -0.15) is 5.26 Å². The lowest BCUT2D eigenvalue weighted by Gasteiger charge is -1.95. The maximum atomic E-state index is 8.56. The number of azide groups is 1.